The molecule has 0 saturated carbocycles. The number of allylic oxidation sites excluding steroid dienone is 1. The van der Waals surface area contributed by atoms with Gasteiger partial charge in [-0.25, -0.2) is 4.79 Å². The van der Waals surface area contributed by atoms with Crippen molar-refractivity contribution < 1.29 is 13.9 Å². The van der Waals surface area contributed by atoms with Gasteiger partial charge in [-0.3, -0.25) is 0 Å². The van der Waals surface area contributed by atoms with E-state index in [1.165, 1.54) is 0 Å². The van der Waals surface area contributed by atoms with Crippen LogP contribution in [-0.4, -0.2) is 17.6 Å². The number of carbonyl (C=O) groups excluding carboxylic acids is 1. The van der Waals surface area contributed by atoms with E-state index in [4.69, 9.17) is 9.15 Å². The van der Waals surface area contributed by atoms with Gasteiger partial charge in [0.1, 0.15) is 12.0 Å². The van der Waals surface area contributed by atoms with Crippen molar-refractivity contribution in [3.05, 3.63) is 29.7 Å². The summed E-state index contributed by atoms with van der Waals surface area (Å²) in [5.74, 6) is -0.361. The van der Waals surface area contributed by atoms with Crippen LogP contribution >= 0.6 is 0 Å². The Balaban J connectivity index is 2.40. The zero-order valence-electron chi connectivity index (χ0n) is 9.24. The number of hydrogen-bond acceptors (Lipinski definition) is 3. The second-order valence-corrected chi connectivity index (χ2v) is 3.33. The molecule has 84 valence electrons. The normalized spacial score (nSPS) is 11.4. The van der Waals surface area contributed by atoms with Gasteiger partial charge in [-0.2, -0.15) is 0 Å². The fourth-order valence-electron chi connectivity index (χ4n) is 1.55. The highest BCUT2D eigenvalue weighted by Crippen LogP contribution is 2.23. The quantitative estimate of drug-likeness (QED) is 0.807. The number of aromatic nitrogens is 1. The number of esters is 1. The van der Waals surface area contributed by atoms with Gasteiger partial charge in [0.15, 0.2) is 5.58 Å². The van der Waals surface area contributed by atoms with E-state index in [1.54, 1.807) is 19.3 Å². The molecule has 2 rings (SSSR count). The van der Waals surface area contributed by atoms with Crippen molar-refractivity contribution in [2.24, 2.45) is 0 Å². The van der Waals surface area contributed by atoms with Crippen molar-refractivity contribution in [3.63, 3.8) is 0 Å². The van der Waals surface area contributed by atoms with Crippen LogP contribution < -0.4 is 0 Å². The van der Waals surface area contributed by atoms with Crippen LogP contribution in [0.5, 0.6) is 0 Å². The highest BCUT2D eigenvalue weighted by atomic mass is 16.5. The van der Waals surface area contributed by atoms with E-state index >= 15 is 0 Å². The molecular formula is C12H13NO3. The molecule has 4 nitrogen and oxygen atoms in total. The van der Waals surface area contributed by atoms with Crippen molar-refractivity contribution in [1.29, 1.82) is 0 Å². The molecule has 0 radical (unpaired) electrons. The zero-order chi connectivity index (χ0) is 11.5. The van der Waals surface area contributed by atoms with E-state index in [2.05, 4.69) is 4.98 Å². The fraction of sp³-hybridized carbons (Fsp3) is 0.250. The maximum absolute atomic E-state index is 11.5. The van der Waals surface area contributed by atoms with Crippen molar-refractivity contribution in [2.75, 3.05) is 6.61 Å². The minimum Gasteiger partial charge on any atom is -0.462 e. The molecule has 2 aromatic rings. The Morgan fingerprint density at radius 1 is 1.62 bits per heavy atom. The first-order valence-corrected chi connectivity index (χ1v) is 5.16. The Kier molecular flexibility index (Phi) is 2.81. The standard InChI is InChI=1S/C12H13NO3/c1-3-5-8-7-16-10-6-9(13-11(8)10)12(14)15-4-2/h3,5-7,13H,4H2,1-2H3. The van der Waals surface area contributed by atoms with Gasteiger partial charge in [0.2, 0.25) is 0 Å². The molecule has 16 heavy (non-hydrogen) atoms. The maximum Gasteiger partial charge on any atom is 0.354 e. The Labute approximate surface area is 92.9 Å². The number of aromatic amines is 1. The SMILES string of the molecule is CC=Cc1coc2cc(C(=O)OCC)[nH]c12. The van der Waals surface area contributed by atoms with E-state index in [0.717, 1.165) is 11.1 Å². The van der Waals surface area contributed by atoms with Crippen LogP contribution in [0.4, 0.5) is 0 Å². The van der Waals surface area contributed by atoms with Crippen molar-refractivity contribution in [2.45, 2.75) is 13.8 Å². The first kappa shape index (κ1) is 10.5. The lowest BCUT2D eigenvalue weighted by atomic mass is 10.3. The molecule has 0 spiro atoms. The van der Waals surface area contributed by atoms with Gasteiger partial charge < -0.3 is 14.1 Å². The van der Waals surface area contributed by atoms with Gasteiger partial charge in [-0.15, -0.1) is 0 Å². The third-order valence-corrected chi connectivity index (χ3v) is 2.22. The predicted molar refractivity (Wildman–Crippen MR) is 61.2 cm³/mol. The van der Waals surface area contributed by atoms with Gasteiger partial charge >= 0.3 is 5.97 Å². The highest BCUT2D eigenvalue weighted by Gasteiger charge is 2.13. The van der Waals surface area contributed by atoms with Gasteiger partial charge in [0, 0.05) is 11.6 Å². The van der Waals surface area contributed by atoms with Gasteiger partial charge in [-0.05, 0) is 13.8 Å². The fourth-order valence-corrected chi connectivity index (χ4v) is 1.55. The highest BCUT2D eigenvalue weighted by molar-refractivity contribution is 5.95. The Bertz CT molecular complexity index is 533. The van der Waals surface area contributed by atoms with Crippen molar-refractivity contribution in [3.8, 4) is 0 Å². The average molecular weight is 219 g/mol. The van der Waals surface area contributed by atoms with Crippen LogP contribution in [0, 0.1) is 0 Å². The lowest BCUT2D eigenvalue weighted by molar-refractivity contribution is 0.0520. The summed E-state index contributed by atoms with van der Waals surface area (Å²) in [7, 11) is 0. The summed E-state index contributed by atoms with van der Waals surface area (Å²) in [6.07, 6.45) is 5.47. The Hall–Kier alpha value is -1.97. The summed E-state index contributed by atoms with van der Waals surface area (Å²) in [6, 6.07) is 1.65. The molecule has 0 aliphatic heterocycles. The lowest BCUT2D eigenvalue weighted by Crippen LogP contribution is -2.04. The molecule has 0 atom stereocenters. The molecule has 0 aromatic carbocycles. The summed E-state index contributed by atoms with van der Waals surface area (Å²) >= 11 is 0. The number of fused-ring (bicyclic) bond motifs is 1. The molecular weight excluding hydrogens is 206 g/mol. The van der Waals surface area contributed by atoms with Gasteiger partial charge in [0.25, 0.3) is 0 Å². The van der Waals surface area contributed by atoms with Crippen LogP contribution in [0.25, 0.3) is 17.2 Å². The molecule has 0 fully saturated rings. The maximum atomic E-state index is 11.5. The Morgan fingerprint density at radius 2 is 2.44 bits per heavy atom. The van der Waals surface area contributed by atoms with Gasteiger partial charge in [-0.1, -0.05) is 12.2 Å². The molecule has 0 bridgehead atoms. The van der Waals surface area contributed by atoms with Crippen LogP contribution in [0.2, 0.25) is 0 Å². The predicted octanol–water partition coefficient (Wildman–Crippen LogP) is 2.97. The van der Waals surface area contributed by atoms with Crippen molar-refractivity contribution in [1.82, 2.24) is 4.98 Å². The molecule has 0 aliphatic rings. The molecule has 0 aliphatic carbocycles. The minimum atomic E-state index is -0.361. The van der Waals surface area contributed by atoms with E-state index in [0.29, 0.717) is 17.9 Å². The number of hydrogen-bond donors (Lipinski definition) is 1. The molecule has 2 heterocycles. The topological polar surface area (TPSA) is 55.2 Å². The minimum absolute atomic E-state index is 0.361. The molecule has 0 amide bonds. The average Bonchev–Trinajstić information content (AvgIpc) is 2.81. The van der Waals surface area contributed by atoms with E-state index in [-0.39, 0.29) is 5.97 Å². The molecule has 2 aromatic heterocycles. The van der Waals surface area contributed by atoms with Crippen LogP contribution in [0.1, 0.15) is 29.9 Å². The van der Waals surface area contributed by atoms with E-state index < -0.39 is 0 Å². The van der Waals surface area contributed by atoms with Crippen LogP contribution in [0.15, 0.2) is 22.8 Å². The van der Waals surface area contributed by atoms with E-state index in [9.17, 15) is 4.79 Å². The summed E-state index contributed by atoms with van der Waals surface area (Å²) in [4.78, 5) is 14.5. The number of ether oxygens (including phenoxy) is 1. The summed E-state index contributed by atoms with van der Waals surface area (Å²) in [5, 5.41) is 0. The molecule has 4 heteroatoms. The smallest absolute Gasteiger partial charge is 0.354 e. The van der Waals surface area contributed by atoms with Crippen LogP contribution in [0.3, 0.4) is 0 Å². The monoisotopic (exact) mass is 219 g/mol. The number of carbonyl (C=O) groups is 1. The zero-order valence-corrected chi connectivity index (χ0v) is 9.24. The lowest BCUT2D eigenvalue weighted by Gasteiger charge is -1.97. The second kappa shape index (κ2) is 4.26. The summed E-state index contributed by atoms with van der Waals surface area (Å²) in [5.41, 5.74) is 2.83. The Morgan fingerprint density at radius 3 is 3.12 bits per heavy atom. The van der Waals surface area contributed by atoms with Crippen LogP contribution in [-0.2, 0) is 4.74 Å². The van der Waals surface area contributed by atoms with E-state index in [1.807, 2.05) is 19.1 Å². The number of rotatable bonds is 3. The number of furan rings is 1. The first-order valence-electron chi connectivity index (χ1n) is 5.16. The van der Waals surface area contributed by atoms with Gasteiger partial charge in [0.05, 0.1) is 12.1 Å². The third kappa shape index (κ3) is 1.74. The first-order chi connectivity index (χ1) is 7.76. The molecule has 0 saturated heterocycles. The van der Waals surface area contributed by atoms with Crippen molar-refractivity contribution >= 4 is 23.1 Å². The summed E-state index contributed by atoms with van der Waals surface area (Å²) in [6.45, 7) is 4.06. The largest absolute Gasteiger partial charge is 0.462 e. The second-order valence-electron chi connectivity index (χ2n) is 3.33. The number of nitrogens with one attached hydrogen (secondary N) is 1. The molecule has 1 N–H and O–H groups in total. The third-order valence-electron chi connectivity index (χ3n) is 2.22. The number of H-pyrrole nitrogens is 1. The molecule has 0 unspecified atom stereocenters. The summed E-state index contributed by atoms with van der Waals surface area (Å²) < 4.78 is 10.2.